The van der Waals surface area contributed by atoms with Crippen LogP contribution in [0.25, 0.3) is 0 Å². The van der Waals surface area contributed by atoms with Crippen molar-refractivity contribution in [2.45, 2.75) is 52.6 Å². The minimum absolute atomic E-state index is 0.0560. The first-order valence-electron chi connectivity index (χ1n) is 6.75. The van der Waals surface area contributed by atoms with Gasteiger partial charge in [0, 0.05) is 0 Å². The number of esters is 1. The van der Waals surface area contributed by atoms with Crippen LogP contribution in [0.3, 0.4) is 0 Å². The molecular weight excluding hydrogens is 254 g/mol. The van der Waals surface area contributed by atoms with Crippen LogP contribution in [-0.2, 0) is 4.74 Å². The van der Waals surface area contributed by atoms with Crippen LogP contribution >= 0.6 is 0 Å². The normalized spacial score (nSPS) is 12.3. The Kier molecular flexibility index (Phi) is 5.15. The van der Waals surface area contributed by atoms with Crippen LogP contribution in [0.1, 0.15) is 67.9 Å². The number of nitriles is 1. The fourth-order valence-electron chi connectivity index (χ4n) is 1.86. The largest absolute Gasteiger partial charge is 0.507 e. The predicted octanol–water partition coefficient (Wildman–Crippen LogP) is 3.71. The number of phenolic OH excluding ortho intramolecular Hbond substituents is 1. The van der Waals surface area contributed by atoms with E-state index in [1.165, 1.54) is 6.92 Å². The summed E-state index contributed by atoms with van der Waals surface area (Å²) in [6.45, 7) is 9.43. The van der Waals surface area contributed by atoms with E-state index in [2.05, 4.69) is 0 Å². The lowest BCUT2D eigenvalue weighted by Crippen LogP contribution is -2.14. The van der Waals surface area contributed by atoms with Crippen molar-refractivity contribution in [1.29, 1.82) is 5.26 Å². The molecule has 0 bridgehead atoms. The molecule has 1 atom stereocenters. The zero-order valence-corrected chi connectivity index (χ0v) is 12.6. The summed E-state index contributed by atoms with van der Waals surface area (Å²) in [4.78, 5) is 12.1. The number of phenols is 1. The Hall–Kier alpha value is -2.02. The van der Waals surface area contributed by atoms with Crippen molar-refractivity contribution in [3.63, 3.8) is 0 Å². The third kappa shape index (κ3) is 3.51. The van der Waals surface area contributed by atoms with Gasteiger partial charge in [-0.05, 0) is 36.0 Å². The van der Waals surface area contributed by atoms with Gasteiger partial charge in [0.25, 0.3) is 0 Å². The van der Waals surface area contributed by atoms with Gasteiger partial charge in [-0.15, -0.1) is 0 Å². The topological polar surface area (TPSA) is 70.3 Å². The average Bonchev–Trinajstić information content (AvgIpc) is 2.37. The number of rotatable bonds is 4. The zero-order valence-electron chi connectivity index (χ0n) is 12.6. The van der Waals surface area contributed by atoms with Gasteiger partial charge >= 0.3 is 5.97 Å². The lowest BCUT2D eigenvalue weighted by molar-refractivity contribution is 0.0432. The van der Waals surface area contributed by atoms with Crippen molar-refractivity contribution in [3.8, 4) is 11.8 Å². The minimum Gasteiger partial charge on any atom is -0.507 e. The van der Waals surface area contributed by atoms with E-state index in [-0.39, 0.29) is 23.1 Å². The summed E-state index contributed by atoms with van der Waals surface area (Å²) in [6.07, 6.45) is -0.841. The highest BCUT2D eigenvalue weighted by atomic mass is 16.5. The monoisotopic (exact) mass is 275 g/mol. The van der Waals surface area contributed by atoms with E-state index >= 15 is 0 Å². The molecule has 0 aliphatic heterocycles. The Morgan fingerprint density at radius 1 is 1.20 bits per heavy atom. The Morgan fingerprint density at radius 2 is 1.80 bits per heavy atom. The summed E-state index contributed by atoms with van der Waals surface area (Å²) < 4.78 is 4.98. The lowest BCUT2D eigenvalue weighted by atomic mass is 9.92. The van der Waals surface area contributed by atoms with Gasteiger partial charge in [-0.2, -0.15) is 5.26 Å². The molecule has 108 valence electrons. The van der Waals surface area contributed by atoms with Gasteiger partial charge < -0.3 is 9.84 Å². The number of hydrogen-bond acceptors (Lipinski definition) is 4. The number of aromatic hydroxyl groups is 1. The molecule has 1 aromatic carbocycles. The third-order valence-electron chi connectivity index (χ3n) is 3.14. The van der Waals surface area contributed by atoms with Crippen LogP contribution in [0, 0.1) is 11.3 Å². The molecule has 1 rings (SSSR count). The van der Waals surface area contributed by atoms with Crippen molar-refractivity contribution in [3.05, 3.63) is 28.8 Å². The maximum atomic E-state index is 12.1. The summed E-state index contributed by atoms with van der Waals surface area (Å²) in [5, 5.41) is 18.9. The Balaban J connectivity index is 3.31. The fourth-order valence-corrected chi connectivity index (χ4v) is 1.86. The number of nitrogens with zero attached hydrogens (tertiary/aromatic N) is 1. The van der Waals surface area contributed by atoms with Gasteiger partial charge in [0.1, 0.15) is 17.4 Å². The third-order valence-corrected chi connectivity index (χ3v) is 3.14. The van der Waals surface area contributed by atoms with Crippen molar-refractivity contribution in [2.24, 2.45) is 0 Å². The molecule has 20 heavy (non-hydrogen) atoms. The van der Waals surface area contributed by atoms with Crippen LogP contribution in [0.4, 0.5) is 0 Å². The van der Waals surface area contributed by atoms with Crippen molar-refractivity contribution in [2.75, 3.05) is 0 Å². The molecule has 0 radical (unpaired) electrons. The van der Waals surface area contributed by atoms with E-state index in [0.29, 0.717) is 5.56 Å². The van der Waals surface area contributed by atoms with Crippen LogP contribution in [0.15, 0.2) is 12.1 Å². The molecule has 4 nitrogen and oxygen atoms in total. The predicted molar refractivity (Wildman–Crippen MR) is 76.8 cm³/mol. The maximum absolute atomic E-state index is 12.1. The van der Waals surface area contributed by atoms with Crippen LogP contribution in [0.5, 0.6) is 5.75 Å². The van der Waals surface area contributed by atoms with Gasteiger partial charge in [-0.1, -0.05) is 33.8 Å². The molecule has 0 unspecified atom stereocenters. The molecular formula is C16H21NO3. The second-order valence-electron chi connectivity index (χ2n) is 5.49. The Bertz CT molecular complexity index is 541. The maximum Gasteiger partial charge on any atom is 0.343 e. The van der Waals surface area contributed by atoms with Gasteiger partial charge in [-0.25, -0.2) is 4.79 Å². The molecule has 0 saturated carbocycles. The number of ether oxygens (including phenoxy) is 1. The molecule has 0 saturated heterocycles. The standard InChI is InChI=1S/C16H21NO3/c1-9(2)12-6-13(10(3)4)15(18)14(7-12)16(19)20-11(5)8-17/h6-7,9-11,18H,1-5H3/t11-/m1/s1. The highest BCUT2D eigenvalue weighted by Gasteiger charge is 2.21. The molecule has 1 aromatic rings. The highest BCUT2D eigenvalue weighted by molar-refractivity contribution is 5.93. The number of carbonyl (C=O) groups is 1. The number of carbonyl (C=O) groups excluding carboxylic acids is 1. The first kappa shape index (κ1) is 16.0. The van der Waals surface area contributed by atoms with Crippen LogP contribution < -0.4 is 0 Å². The Labute approximate surface area is 120 Å². The average molecular weight is 275 g/mol. The van der Waals surface area contributed by atoms with Crippen molar-refractivity contribution in [1.82, 2.24) is 0 Å². The lowest BCUT2D eigenvalue weighted by Gasteiger charge is -2.17. The molecule has 0 aromatic heterocycles. The van der Waals surface area contributed by atoms with E-state index in [0.717, 1.165) is 5.56 Å². The van der Waals surface area contributed by atoms with Crippen LogP contribution in [-0.4, -0.2) is 17.2 Å². The molecule has 0 aliphatic carbocycles. The SMILES string of the molecule is CC(C)c1cc(C(=O)O[C@H](C)C#N)c(O)c(C(C)C)c1. The summed E-state index contributed by atoms with van der Waals surface area (Å²) in [7, 11) is 0. The summed E-state index contributed by atoms with van der Waals surface area (Å²) in [5.74, 6) is -0.401. The van der Waals surface area contributed by atoms with Crippen molar-refractivity contribution < 1.29 is 14.6 Å². The molecule has 0 heterocycles. The summed E-state index contributed by atoms with van der Waals surface area (Å²) in [6, 6.07) is 5.38. The van der Waals surface area contributed by atoms with E-state index in [9.17, 15) is 9.90 Å². The highest BCUT2D eigenvalue weighted by Crippen LogP contribution is 2.33. The first-order valence-corrected chi connectivity index (χ1v) is 6.75. The fraction of sp³-hybridized carbons (Fsp3) is 0.500. The second kappa shape index (κ2) is 6.42. The van der Waals surface area contributed by atoms with Gasteiger partial charge in [0.05, 0.1) is 0 Å². The quantitative estimate of drug-likeness (QED) is 0.850. The van der Waals surface area contributed by atoms with E-state index in [1.807, 2.05) is 39.8 Å². The number of benzene rings is 1. The van der Waals surface area contributed by atoms with Crippen LogP contribution in [0.2, 0.25) is 0 Å². The first-order chi connectivity index (χ1) is 9.27. The molecule has 0 fully saturated rings. The molecule has 0 aliphatic rings. The molecule has 4 heteroatoms. The second-order valence-corrected chi connectivity index (χ2v) is 5.49. The molecule has 0 spiro atoms. The summed E-state index contributed by atoms with van der Waals surface area (Å²) in [5.41, 5.74) is 1.80. The molecule has 1 N–H and O–H groups in total. The van der Waals surface area contributed by atoms with Gasteiger partial charge in [0.2, 0.25) is 0 Å². The van der Waals surface area contributed by atoms with E-state index in [1.54, 1.807) is 6.07 Å². The molecule has 0 amide bonds. The van der Waals surface area contributed by atoms with Crippen molar-refractivity contribution >= 4 is 5.97 Å². The minimum atomic E-state index is -0.841. The zero-order chi connectivity index (χ0) is 15.4. The Morgan fingerprint density at radius 3 is 2.25 bits per heavy atom. The smallest absolute Gasteiger partial charge is 0.343 e. The van der Waals surface area contributed by atoms with Gasteiger partial charge in [-0.3, -0.25) is 0 Å². The van der Waals surface area contributed by atoms with Gasteiger partial charge in [0.15, 0.2) is 6.10 Å². The summed E-state index contributed by atoms with van der Waals surface area (Å²) >= 11 is 0. The van der Waals surface area contributed by atoms with E-state index in [4.69, 9.17) is 10.00 Å². The van der Waals surface area contributed by atoms with E-state index < -0.39 is 12.1 Å². The number of hydrogen-bond donors (Lipinski definition) is 1.